The van der Waals surface area contributed by atoms with Gasteiger partial charge in [-0.05, 0) is 32.9 Å². The van der Waals surface area contributed by atoms with Crippen LogP contribution in [-0.4, -0.2) is 5.11 Å². The monoisotopic (exact) mass is 274 g/mol. The van der Waals surface area contributed by atoms with Crippen molar-refractivity contribution in [2.24, 2.45) is 0 Å². The molecule has 2 rings (SSSR count). The lowest BCUT2D eigenvalue weighted by Gasteiger charge is -2.01. The minimum Gasteiger partial charge on any atom is -0.392 e. The summed E-state index contributed by atoms with van der Waals surface area (Å²) in [6.45, 7) is 0.0459. The van der Waals surface area contributed by atoms with Crippen molar-refractivity contribution in [3.05, 3.63) is 27.5 Å². The van der Waals surface area contributed by atoms with Gasteiger partial charge < -0.3 is 5.11 Å². The van der Waals surface area contributed by atoms with Crippen molar-refractivity contribution >= 4 is 50.0 Å². The highest BCUT2D eigenvalue weighted by atomic mass is 79.9. The summed E-state index contributed by atoms with van der Waals surface area (Å²) in [6.07, 6.45) is 0. The van der Waals surface area contributed by atoms with Crippen molar-refractivity contribution < 1.29 is 5.11 Å². The fourth-order valence-electron chi connectivity index (χ4n) is 1.23. The summed E-state index contributed by atoms with van der Waals surface area (Å²) in [5.41, 5.74) is 0.880. The van der Waals surface area contributed by atoms with Crippen LogP contribution in [0.15, 0.2) is 26.9 Å². The molecule has 0 aliphatic heterocycles. The van der Waals surface area contributed by atoms with Gasteiger partial charge in [-0.3, -0.25) is 0 Å². The Morgan fingerprint density at radius 2 is 2.23 bits per heavy atom. The summed E-state index contributed by atoms with van der Waals surface area (Å²) in [4.78, 5) is 0.885. The number of halogens is 1. The van der Waals surface area contributed by atoms with E-state index in [-0.39, 0.29) is 6.61 Å². The smallest absolute Gasteiger partial charge is 0.0711 e. The Morgan fingerprint density at radius 1 is 1.46 bits per heavy atom. The third-order valence-corrected chi connectivity index (χ3v) is 4.22. The van der Waals surface area contributed by atoms with E-state index in [1.54, 1.807) is 11.3 Å². The Kier molecular flexibility index (Phi) is 2.65. The zero-order valence-corrected chi connectivity index (χ0v) is 9.92. The SMILES string of the molecule is OCc1ccc2cc(Br)sc2c1S. The first-order valence-corrected chi connectivity index (χ1v) is 5.79. The normalized spacial score (nSPS) is 11.0. The Balaban J connectivity index is 2.78. The fraction of sp³-hybridized carbons (Fsp3) is 0.111. The first-order valence-electron chi connectivity index (χ1n) is 3.73. The third kappa shape index (κ3) is 1.64. The van der Waals surface area contributed by atoms with Crippen molar-refractivity contribution in [1.29, 1.82) is 0 Å². The summed E-state index contributed by atoms with van der Waals surface area (Å²) in [7, 11) is 0. The first kappa shape index (κ1) is 9.52. The van der Waals surface area contributed by atoms with Gasteiger partial charge in [-0.15, -0.1) is 24.0 Å². The molecule has 1 aromatic heterocycles. The molecule has 0 radical (unpaired) electrons. The van der Waals surface area contributed by atoms with Crippen molar-refractivity contribution in [2.45, 2.75) is 11.5 Å². The van der Waals surface area contributed by atoms with E-state index >= 15 is 0 Å². The number of hydrogen-bond acceptors (Lipinski definition) is 3. The summed E-state index contributed by atoms with van der Waals surface area (Å²) in [6, 6.07) is 5.96. The van der Waals surface area contributed by atoms with Gasteiger partial charge in [0, 0.05) is 9.60 Å². The topological polar surface area (TPSA) is 20.2 Å². The van der Waals surface area contributed by atoms with E-state index < -0.39 is 0 Å². The van der Waals surface area contributed by atoms with Crippen LogP contribution in [0.4, 0.5) is 0 Å². The lowest BCUT2D eigenvalue weighted by Crippen LogP contribution is -1.84. The largest absolute Gasteiger partial charge is 0.392 e. The van der Waals surface area contributed by atoms with E-state index in [0.717, 1.165) is 18.9 Å². The van der Waals surface area contributed by atoms with Crippen LogP contribution in [0.2, 0.25) is 0 Å². The average molecular weight is 275 g/mol. The second-order valence-corrected chi connectivity index (χ2v) is 5.58. The van der Waals surface area contributed by atoms with Crippen LogP contribution in [0.1, 0.15) is 5.56 Å². The zero-order valence-electron chi connectivity index (χ0n) is 6.62. The Bertz CT molecular complexity index is 450. The minimum absolute atomic E-state index is 0.0459. The van der Waals surface area contributed by atoms with Crippen LogP contribution < -0.4 is 0 Å². The molecule has 1 N–H and O–H groups in total. The molecular formula is C9H7BrOS2. The summed E-state index contributed by atoms with van der Waals surface area (Å²) >= 11 is 9.45. The highest BCUT2D eigenvalue weighted by Crippen LogP contribution is 2.35. The summed E-state index contributed by atoms with van der Waals surface area (Å²) in [5, 5.41) is 10.2. The molecule has 1 aromatic carbocycles. The summed E-state index contributed by atoms with van der Waals surface area (Å²) < 4.78 is 2.22. The maximum Gasteiger partial charge on any atom is 0.0711 e. The lowest BCUT2D eigenvalue weighted by molar-refractivity contribution is 0.279. The van der Waals surface area contributed by atoms with Crippen LogP contribution in [0, 0.1) is 0 Å². The Labute approximate surface area is 93.9 Å². The van der Waals surface area contributed by atoms with Crippen LogP contribution in [0.25, 0.3) is 10.1 Å². The van der Waals surface area contributed by atoms with Gasteiger partial charge in [0.25, 0.3) is 0 Å². The highest BCUT2D eigenvalue weighted by Gasteiger charge is 2.06. The number of hydrogen-bond donors (Lipinski definition) is 2. The molecule has 0 saturated heterocycles. The van der Waals surface area contributed by atoms with Gasteiger partial charge in [-0.25, -0.2) is 0 Å². The van der Waals surface area contributed by atoms with E-state index in [0.29, 0.717) is 0 Å². The van der Waals surface area contributed by atoms with Gasteiger partial charge in [-0.1, -0.05) is 12.1 Å². The molecule has 0 atom stereocenters. The number of thiophene rings is 1. The maximum atomic E-state index is 9.03. The van der Waals surface area contributed by atoms with Crippen LogP contribution in [-0.2, 0) is 6.61 Å². The molecule has 0 saturated carbocycles. The van der Waals surface area contributed by atoms with Gasteiger partial charge in [0.15, 0.2) is 0 Å². The average Bonchev–Trinajstić information content (AvgIpc) is 2.47. The second-order valence-electron chi connectivity index (χ2n) is 2.70. The van der Waals surface area contributed by atoms with Gasteiger partial charge in [0.2, 0.25) is 0 Å². The van der Waals surface area contributed by atoms with E-state index in [1.807, 2.05) is 12.1 Å². The number of aliphatic hydroxyl groups excluding tert-OH is 1. The van der Waals surface area contributed by atoms with Crippen molar-refractivity contribution in [1.82, 2.24) is 0 Å². The van der Waals surface area contributed by atoms with E-state index in [2.05, 4.69) is 34.6 Å². The van der Waals surface area contributed by atoms with Crippen LogP contribution in [0.5, 0.6) is 0 Å². The number of rotatable bonds is 1. The van der Waals surface area contributed by atoms with E-state index in [4.69, 9.17) is 5.11 Å². The zero-order chi connectivity index (χ0) is 9.42. The number of thiol groups is 1. The molecule has 0 fully saturated rings. The molecule has 1 heterocycles. The molecular weight excluding hydrogens is 268 g/mol. The molecule has 0 unspecified atom stereocenters. The molecule has 68 valence electrons. The van der Waals surface area contributed by atoms with Gasteiger partial charge >= 0.3 is 0 Å². The molecule has 2 aromatic rings. The van der Waals surface area contributed by atoms with Crippen LogP contribution in [0.3, 0.4) is 0 Å². The van der Waals surface area contributed by atoms with Crippen molar-refractivity contribution in [2.75, 3.05) is 0 Å². The first-order chi connectivity index (χ1) is 6.22. The van der Waals surface area contributed by atoms with Gasteiger partial charge in [0.1, 0.15) is 0 Å². The minimum atomic E-state index is 0.0459. The standard InChI is InChI=1S/C9H7BrOS2/c10-7-3-5-1-2-6(4-11)8(12)9(5)13-7/h1-3,11-12H,4H2. The second kappa shape index (κ2) is 3.61. The predicted octanol–water partition coefficient (Wildman–Crippen LogP) is 3.44. The number of benzene rings is 1. The summed E-state index contributed by atoms with van der Waals surface area (Å²) in [5.74, 6) is 0. The highest BCUT2D eigenvalue weighted by molar-refractivity contribution is 9.11. The Morgan fingerprint density at radius 3 is 2.92 bits per heavy atom. The van der Waals surface area contributed by atoms with Crippen LogP contribution >= 0.6 is 39.9 Å². The lowest BCUT2D eigenvalue weighted by atomic mass is 10.2. The molecule has 1 nitrogen and oxygen atoms in total. The molecule has 4 heteroatoms. The van der Waals surface area contributed by atoms with Gasteiger partial charge in [0.05, 0.1) is 10.4 Å². The van der Waals surface area contributed by atoms with Gasteiger partial charge in [-0.2, -0.15) is 0 Å². The molecule has 0 bridgehead atoms. The molecule has 0 aliphatic carbocycles. The van der Waals surface area contributed by atoms with E-state index in [9.17, 15) is 0 Å². The van der Waals surface area contributed by atoms with Crippen molar-refractivity contribution in [3.63, 3.8) is 0 Å². The number of fused-ring (bicyclic) bond motifs is 1. The predicted molar refractivity (Wildman–Crippen MR) is 62.7 cm³/mol. The third-order valence-electron chi connectivity index (χ3n) is 1.88. The Hall–Kier alpha value is -0.0300. The fourth-order valence-corrected chi connectivity index (χ4v) is 3.22. The molecule has 0 spiro atoms. The number of aliphatic hydroxyl groups is 1. The van der Waals surface area contributed by atoms with Crippen molar-refractivity contribution in [3.8, 4) is 0 Å². The molecule has 0 amide bonds. The maximum absolute atomic E-state index is 9.03. The molecule has 0 aliphatic rings. The quantitative estimate of drug-likeness (QED) is 0.764. The molecule has 13 heavy (non-hydrogen) atoms. The van der Waals surface area contributed by atoms with E-state index in [1.165, 1.54) is 5.39 Å².